The number of nitrogens with zero attached hydrogens (tertiary/aromatic N) is 1. The molecule has 1 heterocycles. The summed E-state index contributed by atoms with van der Waals surface area (Å²) in [4.78, 5) is 35.6. The Morgan fingerprint density at radius 2 is 1.35 bits per heavy atom. The average molecular weight is 875 g/mol. The maximum atomic E-state index is 12.8. The maximum Gasteiger partial charge on any atom is 0.472 e. The number of quaternary nitrogens is 1. The Bertz CT molecular complexity index is 1240. The van der Waals surface area contributed by atoms with Crippen molar-refractivity contribution in [2.75, 3.05) is 47.5 Å². The molecular formula is C46H85NO12P+. The van der Waals surface area contributed by atoms with Gasteiger partial charge < -0.3 is 38.9 Å². The molecule has 0 bridgehead atoms. The molecule has 0 aromatic rings. The molecule has 350 valence electrons. The molecule has 0 aliphatic carbocycles. The minimum atomic E-state index is -4.46. The summed E-state index contributed by atoms with van der Waals surface area (Å²) in [5.41, 5.74) is 0. The molecule has 14 heteroatoms. The fourth-order valence-corrected chi connectivity index (χ4v) is 7.44. The third-order valence-corrected chi connectivity index (χ3v) is 11.4. The molecule has 7 unspecified atom stereocenters. The van der Waals surface area contributed by atoms with Crippen LogP contribution in [0.25, 0.3) is 0 Å². The Morgan fingerprint density at radius 1 is 0.767 bits per heavy atom. The van der Waals surface area contributed by atoms with Crippen molar-refractivity contribution in [1.82, 2.24) is 0 Å². The van der Waals surface area contributed by atoms with E-state index in [2.05, 4.69) is 26.0 Å². The van der Waals surface area contributed by atoms with Gasteiger partial charge in [0.1, 0.15) is 19.8 Å². The highest BCUT2D eigenvalue weighted by molar-refractivity contribution is 7.47. The number of aliphatic hydroxyl groups is 3. The van der Waals surface area contributed by atoms with Crippen LogP contribution in [0.5, 0.6) is 0 Å². The molecule has 1 rings (SSSR count). The summed E-state index contributed by atoms with van der Waals surface area (Å²) in [5, 5.41) is 31.0. The average Bonchev–Trinajstić information content (AvgIpc) is 3.18. The van der Waals surface area contributed by atoms with Gasteiger partial charge in [-0.25, -0.2) is 4.57 Å². The predicted molar refractivity (Wildman–Crippen MR) is 237 cm³/mol. The molecule has 1 aliphatic rings. The van der Waals surface area contributed by atoms with E-state index in [1.807, 2.05) is 33.3 Å². The van der Waals surface area contributed by atoms with Crippen LogP contribution >= 0.6 is 7.82 Å². The van der Waals surface area contributed by atoms with Crippen molar-refractivity contribution < 1.29 is 62.1 Å². The van der Waals surface area contributed by atoms with Crippen molar-refractivity contribution in [3.05, 3.63) is 36.5 Å². The first kappa shape index (κ1) is 56.1. The summed E-state index contributed by atoms with van der Waals surface area (Å²) in [6.07, 6.45) is 28.1. The molecule has 1 saturated heterocycles. The quantitative estimate of drug-likeness (QED) is 0.0153. The third kappa shape index (κ3) is 31.8. The first-order valence-corrected chi connectivity index (χ1v) is 24.6. The van der Waals surface area contributed by atoms with E-state index >= 15 is 0 Å². The number of unbranched alkanes of at least 4 members (excludes halogenated alkanes) is 14. The Morgan fingerprint density at radius 3 is 2.02 bits per heavy atom. The van der Waals surface area contributed by atoms with Crippen LogP contribution in [0.15, 0.2) is 36.5 Å². The van der Waals surface area contributed by atoms with Gasteiger partial charge in [-0.05, 0) is 57.8 Å². The Labute approximate surface area is 363 Å². The van der Waals surface area contributed by atoms with Gasteiger partial charge in [0, 0.05) is 25.2 Å². The first-order chi connectivity index (χ1) is 28.7. The van der Waals surface area contributed by atoms with Gasteiger partial charge in [-0.2, -0.15) is 0 Å². The van der Waals surface area contributed by atoms with Crippen molar-refractivity contribution in [3.8, 4) is 0 Å². The van der Waals surface area contributed by atoms with Gasteiger partial charge in [-0.3, -0.25) is 18.6 Å². The summed E-state index contributed by atoms with van der Waals surface area (Å²) < 4.78 is 39.9. The van der Waals surface area contributed by atoms with Gasteiger partial charge in [0.05, 0.1) is 46.1 Å². The van der Waals surface area contributed by atoms with Gasteiger partial charge in [0.15, 0.2) is 12.4 Å². The Kier molecular flexibility index (Phi) is 32.3. The number of rotatable bonds is 37. The van der Waals surface area contributed by atoms with Crippen molar-refractivity contribution in [3.63, 3.8) is 0 Å². The molecule has 0 aromatic carbocycles. The number of esters is 2. The molecule has 60 heavy (non-hydrogen) atoms. The van der Waals surface area contributed by atoms with Crippen molar-refractivity contribution >= 4 is 19.8 Å². The standard InChI is InChI=1S/C46H84NO12P/c1-6-8-10-11-12-13-14-15-16-17-18-19-20-21-26-30-44(50)55-37-40(38-57-60(53,54)56-35-34-47(3,4)5)58-45(51)31-27-23-22-25-29-41-42(49)36-46(52)59-43(41)33-32-39(48)28-24-9-7-2/h15-16,22,25,32-33,39-43,46,48-49,52H,6-14,17-21,23-24,26-31,34-38H2,1-5H3/p+1/b16-15-,25-22-,33-32+. The second-order valence-corrected chi connectivity index (χ2v) is 18.8. The highest BCUT2D eigenvalue weighted by Gasteiger charge is 2.35. The summed E-state index contributed by atoms with van der Waals surface area (Å²) in [5.74, 6) is -1.32. The third-order valence-electron chi connectivity index (χ3n) is 10.4. The lowest BCUT2D eigenvalue weighted by atomic mass is 9.87. The van der Waals surface area contributed by atoms with E-state index in [1.165, 1.54) is 38.5 Å². The van der Waals surface area contributed by atoms with Gasteiger partial charge in [-0.1, -0.05) is 121 Å². The van der Waals surface area contributed by atoms with Crippen LogP contribution < -0.4 is 0 Å². The van der Waals surface area contributed by atoms with Gasteiger partial charge in [-0.15, -0.1) is 0 Å². The van der Waals surface area contributed by atoms with Crippen molar-refractivity contribution in [2.45, 2.75) is 192 Å². The summed E-state index contributed by atoms with van der Waals surface area (Å²) in [6, 6.07) is 0. The molecule has 0 aromatic heterocycles. The van der Waals surface area contributed by atoms with E-state index in [0.29, 0.717) is 43.1 Å². The van der Waals surface area contributed by atoms with E-state index in [0.717, 1.165) is 57.8 Å². The fraction of sp³-hybridized carbons (Fsp3) is 0.826. The monoisotopic (exact) mass is 875 g/mol. The first-order valence-electron chi connectivity index (χ1n) is 23.1. The van der Waals surface area contributed by atoms with Crippen LogP contribution in [0.2, 0.25) is 0 Å². The maximum absolute atomic E-state index is 12.8. The highest BCUT2D eigenvalue weighted by atomic mass is 31.2. The molecule has 4 N–H and O–H groups in total. The Hall–Kier alpha value is -1.93. The number of phosphoric acid groups is 1. The molecule has 0 saturated carbocycles. The van der Waals surface area contributed by atoms with Crippen LogP contribution in [0.4, 0.5) is 0 Å². The molecule has 0 spiro atoms. The molecule has 0 amide bonds. The molecule has 7 atom stereocenters. The molecular weight excluding hydrogens is 789 g/mol. The molecule has 1 fully saturated rings. The van der Waals surface area contributed by atoms with Gasteiger partial charge in [0.25, 0.3) is 0 Å². The van der Waals surface area contributed by atoms with Crippen LogP contribution in [-0.2, 0) is 37.4 Å². The zero-order valence-corrected chi connectivity index (χ0v) is 38.9. The van der Waals surface area contributed by atoms with Crippen LogP contribution in [0.1, 0.15) is 162 Å². The topological polar surface area (TPSA) is 178 Å². The second kappa shape index (κ2) is 34.5. The SMILES string of the molecule is CCCCCCCC/C=C\CCCCCCCC(=O)OCC(COP(=O)(O)OCC[N+](C)(C)C)OC(=O)CCC/C=C\CC1C(O)CC(O)OC1/C=C/C(O)CCCCC. The molecule has 0 radical (unpaired) electrons. The number of ether oxygens (including phenoxy) is 3. The highest BCUT2D eigenvalue weighted by Crippen LogP contribution is 2.43. The Balaban J connectivity index is 2.54. The van der Waals surface area contributed by atoms with Gasteiger partial charge in [0.2, 0.25) is 0 Å². The van der Waals surface area contributed by atoms with E-state index in [1.54, 1.807) is 12.2 Å². The van der Waals surface area contributed by atoms with Crippen LogP contribution in [-0.4, -0.2) is 115 Å². The number of likely N-dealkylation sites (N-methyl/N-ethyl adjacent to an activating group) is 1. The summed E-state index contributed by atoms with van der Waals surface area (Å²) in [7, 11) is 1.30. The number of carbonyl (C=O) groups is 2. The minimum absolute atomic E-state index is 0.0194. The van der Waals surface area contributed by atoms with E-state index in [-0.39, 0.29) is 38.4 Å². The number of carbonyl (C=O) groups excluding carboxylic acids is 2. The smallest absolute Gasteiger partial charge is 0.462 e. The normalized spacial score (nSPS) is 20.8. The zero-order valence-electron chi connectivity index (χ0n) is 38.0. The summed E-state index contributed by atoms with van der Waals surface area (Å²) >= 11 is 0. The number of hydrogen-bond acceptors (Lipinski definition) is 11. The minimum Gasteiger partial charge on any atom is -0.462 e. The van der Waals surface area contributed by atoms with Crippen LogP contribution in [0.3, 0.4) is 0 Å². The van der Waals surface area contributed by atoms with E-state index < -0.39 is 57.1 Å². The number of hydrogen-bond donors (Lipinski definition) is 4. The number of allylic oxidation sites excluding steroid dienone is 4. The van der Waals surface area contributed by atoms with Gasteiger partial charge >= 0.3 is 19.8 Å². The molecule has 13 nitrogen and oxygen atoms in total. The number of aliphatic hydroxyl groups excluding tert-OH is 3. The lowest BCUT2D eigenvalue weighted by Gasteiger charge is -2.36. The largest absolute Gasteiger partial charge is 0.472 e. The van der Waals surface area contributed by atoms with Crippen LogP contribution in [0, 0.1) is 5.92 Å². The van der Waals surface area contributed by atoms with Crippen molar-refractivity contribution in [1.29, 1.82) is 0 Å². The lowest BCUT2D eigenvalue weighted by molar-refractivity contribution is -0.870. The van der Waals surface area contributed by atoms with E-state index in [9.17, 15) is 34.4 Å². The zero-order chi connectivity index (χ0) is 44.5. The fourth-order valence-electron chi connectivity index (χ4n) is 6.69. The predicted octanol–water partition coefficient (Wildman–Crippen LogP) is 9.02. The number of phosphoric ester groups is 1. The summed E-state index contributed by atoms with van der Waals surface area (Å²) in [6.45, 7) is 3.98. The second-order valence-electron chi connectivity index (χ2n) is 17.3. The lowest BCUT2D eigenvalue weighted by Crippen LogP contribution is -2.43. The van der Waals surface area contributed by atoms with Crippen molar-refractivity contribution in [2.24, 2.45) is 5.92 Å². The molecule has 1 aliphatic heterocycles. The van der Waals surface area contributed by atoms with E-state index in [4.69, 9.17) is 23.3 Å².